The van der Waals surface area contributed by atoms with Crippen molar-refractivity contribution in [2.24, 2.45) is 4.99 Å². The van der Waals surface area contributed by atoms with Crippen LogP contribution in [-0.2, 0) is 4.79 Å². The zero-order valence-electron chi connectivity index (χ0n) is 14.7. The summed E-state index contributed by atoms with van der Waals surface area (Å²) in [5.41, 5.74) is 2.69. The second kappa shape index (κ2) is 10.3. The molecule has 0 radical (unpaired) electrons. The third-order valence-electron chi connectivity index (χ3n) is 3.99. The lowest BCUT2D eigenvalue weighted by molar-refractivity contribution is -0.128. The van der Waals surface area contributed by atoms with E-state index in [0.29, 0.717) is 13.0 Å². The van der Waals surface area contributed by atoms with Crippen LogP contribution in [0.25, 0.3) is 5.57 Å². The maximum Gasteiger partial charge on any atom is 0.223 e. The van der Waals surface area contributed by atoms with Gasteiger partial charge in [-0.05, 0) is 17.6 Å². The lowest BCUT2D eigenvalue weighted by Crippen LogP contribution is -2.44. The Bertz CT molecular complexity index is 584. The predicted octanol–water partition coefficient (Wildman–Crippen LogP) is 2.45. The number of carbonyl (C=O) groups is 1. The molecular weight excluding hydrogens is 415 g/mol. The van der Waals surface area contributed by atoms with Crippen LogP contribution in [0.5, 0.6) is 0 Å². The van der Waals surface area contributed by atoms with E-state index in [1.807, 2.05) is 6.07 Å². The molecule has 0 atom stereocenters. The Labute approximate surface area is 161 Å². The monoisotopic (exact) mass is 442 g/mol. The number of benzene rings is 1. The van der Waals surface area contributed by atoms with Gasteiger partial charge < -0.3 is 15.1 Å². The highest BCUT2D eigenvalue weighted by Gasteiger charge is 2.16. The number of nitrogens with zero attached hydrogens (tertiary/aromatic N) is 3. The molecular formula is C18H27IN4O. The van der Waals surface area contributed by atoms with E-state index in [1.165, 1.54) is 11.1 Å². The molecule has 0 unspecified atom stereocenters. The maximum atomic E-state index is 11.6. The fourth-order valence-electron chi connectivity index (χ4n) is 2.61. The summed E-state index contributed by atoms with van der Waals surface area (Å²) >= 11 is 0. The smallest absolute Gasteiger partial charge is 0.223 e. The zero-order valence-corrected chi connectivity index (χ0v) is 17.0. The number of hydrogen-bond acceptors (Lipinski definition) is 2. The molecule has 1 aromatic rings. The minimum absolute atomic E-state index is 0. The molecule has 0 saturated heterocycles. The van der Waals surface area contributed by atoms with Crippen molar-refractivity contribution in [1.29, 1.82) is 0 Å². The molecule has 2 rings (SSSR count). The molecule has 1 amide bonds. The van der Waals surface area contributed by atoms with Crippen LogP contribution in [-0.4, -0.2) is 62.4 Å². The third-order valence-corrected chi connectivity index (χ3v) is 3.99. The molecule has 24 heavy (non-hydrogen) atoms. The van der Waals surface area contributed by atoms with Gasteiger partial charge in [0.05, 0.1) is 0 Å². The Morgan fingerprint density at radius 3 is 2.54 bits per heavy atom. The summed E-state index contributed by atoms with van der Waals surface area (Å²) in [6.45, 7) is 2.38. The summed E-state index contributed by atoms with van der Waals surface area (Å²) in [7, 11) is 5.34. The van der Waals surface area contributed by atoms with Gasteiger partial charge >= 0.3 is 0 Å². The Hall–Kier alpha value is -1.57. The van der Waals surface area contributed by atoms with Crippen molar-refractivity contribution >= 4 is 41.4 Å². The Morgan fingerprint density at radius 1 is 1.29 bits per heavy atom. The molecule has 0 spiro atoms. The van der Waals surface area contributed by atoms with Crippen LogP contribution in [0.2, 0.25) is 0 Å². The van der Waals surface area contributed by atoms with E-state index in [2.05, 4.69) is 45.6 Å². The van der Waals surface area contributed by atoms with E-state index >= 15 is 0 Å². The zero-order chi connectivity index (χ0) is 16.7. The molecule has 0 fully saturated rings. The molecule has 1 aliphatic rings. The minimum Gasteiger partial charge on any atom is -0.356 e. The van der Waals surface area contributed by atoms with E-state index in [4.69, 9.17) is 0 Å². The lowest BCUT2D eigenvalue weighted by Gasteiger charge is -2.29. The van der Waals surface area contributed by atoms with Crippen molar-refractivity contribution in [2.45, 2.75) is 12.8 Å². The first-order valence-corrected chi connectivity index (χ1v) is 8.02. The van der Waals surface area contributed by atoms with Crippen LogP contribution in [0.1, 0.15) is 18.4 Å². The normalized spacial score (nSPS) is 14.5. The summed E-state index contributed by atoms with van der Waals surface area (Å²) in [5.74, 6) is 0.984. The minimum atomic E-state index is 0. The van der Waals surface area contributed by atoms with E-state index in [1.54, 1.807) is 26.0 Å². The van der Waals surface area contributed by atoms with E-state index < -0.39 is 0 Å². The SMILES string of the molecule is CN=C(NCCC(=O)N(C)C)N1CC=C(c2ccccc2)CC1.I. The fraction of sp³-hybridized carbons (Fsp3) is 0.444. The van der Waals surface area contributed by atoms with E-state index in [-0.39, 0.29) is 29.9 Å². The summed E-state index contributed by atoms with van der Waals surface area (Å²) in [6, 6.07) is 10.5. The molecule has 0 aliphatic carbocycles. The van der Waals surface area contributed by atoms with E-state index in [0.717, 1.165) is 25.5 Å². The van der Waals surface area contributed by atoms with Gasteiger partial charge in [0.2, 0.25) is 5.91 Å². The van der Waals surface area contributed by atoms with Crippen molar-refractivity contribution in [3.63, 3.8) is 0 Å². The predicted molar refractivity (Wildman–Crippen MR) is 111 cm³/mol. The molecule has 1 heterocycles. The van der Waals surface area contributed by atoms with Gasteiger partial charge in [0.25, 0.3) is 0 Å². The Kier molecular flexibility index (Phi) is 8.81. The van der Waals surface area contributed by atoms with Gasteiger partial charge in [-0.15, -0.1) is 24.0 Å². The summed E-state index contributed by atoms with van der Waals surface area (Å²) in [4.78, 5) is 19.8. The van der Waals surface area contributed by atoms with Crippen LogP contribution in [0.15, 0.2) is 41.4 Å². The number of rotatable bonds is 4. The van der Waals surface area contributed by atoms with Gasteiger partial charge in [0.15, 0.2) is 5.96 Å². The number of guanidine groups is 1. The molecule has 1 N–H and O–H groups in total. The third kappa shape index (κ3) is 5.81. The Balaban J connectivity index is 0.00000288. The fourth-order valence-corrected chi connectivity index (χ4v) is 2.61. The number of carbonyl (C=O) groups excluding carboxylic acids is 1. The molecule has 132 valence electrons. The quantitative estimate of drug-likeness (QED) is 0.443. The van der Waals surface area contributed by atoms with Crippen molar-refractivity contribution in [3.8, 4) is 0 Å². The van der Waals surface area contributed by atoms with Gasteiger partial charge in [-0.3, -0.25) is 9.79 Å². The van der Waals surface area contributed by atoms with Crippen molar-refractivity contribution < 1.29 is 4.79 Å². The first-order valence-electron chi connectivity index (χ1n) is 8.02. The van der Waals surface area contributed by atoms with Gasteiger partial charge in [0.1, 0.15) is 0 Å². The molecule has 0 bridgehead atoms. The van der Waals surface area contributed by atoms with Crippen LogP contribution in [0.3, 0.4) is 0 Å². The van der Waals surface area contributed by atoms with Crippen molar-refractivity contribution in [1.82, 2.24) is 15.1 Å². The maximum absolute atomic E-state index is 11.6. The molecule has 5 nitrogen and oxygen atoms in total. The average Bonchev–Trinajstić information content (AvgIpc) is 2.59. The second-order valence-corrected chi connectivity index (χ2v) is 5.80. The number of aliphatic imine (C=N–C) groups is 1. The summed E-state index contributed by atoms with van der Waals surface area (Å²) in [5, 5.41) is 3.28. The van der Waals surface area contributed by atoms with Crippen LogP contribution < -0.4 is 5.32 Å². The topological polar surface area (TPSA) is 47.9 Å². The first kappa shape index (κ1) is 20.5. The number of nitrogens with one attached hydrogen (secondary N) is 1. The largest absolute Gasteiger partial charge is 0.356 e. The Morgan fingerprint density at radius 2 is 2.00 bits per heavy atom. The van der Waals surface area contributed by atoms with Crippen LogP contribution >= 0.6 is 24.0 Å². The molecule has 1 aromatic carbocycles. The van der Waals surface area contributed by atoms with Crippen LogP contribution in [0.4, 0.5) is 0 Å². The highest BCUT2D eigenvalue weighted by atomic mass is 127. The van der Waals surface area contributed by atoms with Gasteiger partial charge in [-0.2, -0.15) is 0 Å². The van der Waals surface area contributed by atoms with Gasteiger partial charge in [-0.25, -0.2) is 0 Å². The average molecular weight is 442 g/mol. The standard InChI is InChI=1S/C18H26N4O.HI/c1-19-18(20-12-9-17(23)21(2)3)22-13-10-16(11-14-22)15-7-5-4-6-8-15;/h4-8,10H,9,11-14H2,1-3H3,(H,19,20);1H. The molecule has 1 aliphatic heterocycles. The van der Waals surface area contributed by atoms with Crippen molar-refractivity contribution in [3.05, 3.63) is 42.0 Å². The second-order valence-electron chi connectivity index (χ2n) is 5.80. The van der Waals surface area contributed by atoms with Crippen LogP contribution in [0, 0.1) is 0 Å². The summed E-state index contributed by atoms with van der Waals surface area (Å²) in [6.07, 6.45) is 3.74. The van der Waals surface area contributed by atoms with E-state index in [9.17, 15) is 4.79 Å². The summed E-state index contributed by atoms with van der Waals surface area (Å²) < 4.78 is 0. The highest BCUT2D eigenvalue weighted by molar-refractivity contribution is 14.0. The van der Waals surface area contributed by atoms with Gasteiger partial charge in [-0.1, -0.05) is 36.4 Å². The number of hydrogen-bond donors (Lipinski definition) is 1. The number of halogens is 1. The van der Waals surface area contributed by atoms with Gasteiger partial charge in [0, 0.05) is 47.2 Å². The molecule has 6 heteroatoms. The highest BCUT2D eigenvalue weighted by Crippen LogP contribution is 2.21. The molecule has 0 aromatic heterocycles. The molecule has 0 saturated carbocycles. The first-order chi connectivity index (χ1) is 11.1. The lowest BCUT2D eigenvalue weighted by atomic mass is 10.00. The van der Waals surface area contributed by atoms with Crippen molar-refractivity contribution in [2.75, 3.05) is 40.8 Å². The number of amides is 1.